The Morgan fingerprint density at radius 1 is 1.32 bits per heavy atom. The molecule has 28 heavy (non-hydrogen) atoms. The van der Waals surface area contributed by atoms with E-state index >= 15 is 0 Å². The fourth-order valence-corrected chi connectivity index (χ4v) is 4.06. The van der Waals surface area contributed by atoms with Gasteiger partial charge in [-0.15, -0.1) is 0 Å². The Balaban J connectivity index is 1.90. The van der Waals surface area contributed by atoms with Gasteiger partial charge in [-0.1, -0.05) is 0 Å². The van der Waals surface area contributed by atoms with Crippen molar-refractivity contribution < 1.29 is 36.2 Å². The highest BCUT2D eigenvalue weighted by Gasteiger charge is 2.60. The number of fused-ring (bicyclic) bond motifs is 1. The fourth-order valence-electron chi connectivity index (χ4n) is 4.06. The predicted octanol–water partition coefficient (Wildman–Crippen LogP) is 2.41. The Labute approximate surface area is 156 Å². The van der Waals surface area contributed by atoms with Crippen LogP contribution in [0.4, 0.5) is 26.3 Å². The average molecular weight is 411 g/mol. The molecule has 1 saturated carbocycles. The number of nitrogens with two attached hydrogens (primary N) is 1. The largest absolute Gasteiger partial charge is 0.417 e. The first-order valence-corrected chi connectivity index (χ1v) is 8.69. The number of halogens is 6. The number of aromatic nitrogens is 1. The third-order valence-corrected chi connectivity index (χ3v) is 5.50. The van der Waals surface area contributed by atoms with E-state index in [4.69, 9.17) is 5.73 Å². The van der Waals surface area contributed by atoms with Crippen molar-refractivity contribution in [3.63, 3.8) is 0 Å². The third kappa shape index (κ3) is 3.69. The highest BCUT2D eigenvalue weighted by Crippen LogP contribution is 2.47. The van der Waals surface area contributed by atoms with E-state index < -0.39 is 41.4 Å². The first-order valence-electron chi connectivity index (χ1n) is 8.69. The second-order valence-corrected chi connectivity index (χ2v) is 7.41. The molecule has 1 aliphatic heterocycles. The Morgan fingerprint density at radius 3 is 2.54 bits per heavy atom. The Hall–Kier alpha value is -1.88. The molecule has 1 amide bonds. The van der Waals surface area contributed by atoms with Crippen LogP contribution in [0.15, 0.2) is 12.3 Å². The molecule has 2 heterocycles. The lowest BCUT2D eigenvalue weighted by atomic mass is 9.77. The van der Waals surface area contributed by atoms with Gasteiger partial charge < -0.3 is 15.7 Å². The molecule has 3 atom stereocenters. The number of hydrogen-bond acceptors (Lipinski definition) is 4. The van der Waals surface area contributed by atoms with Gasteiger partial charge in [0.1, 0.15) is 0 Å². The molecule has 3 N–H and O–H groups in total. The third-order valence-electron chi connectivity index (χ3n) is 5.50. The van der Waals surface area contributed by atoms with Crippen LogP contribution in [0.2, 0.25) is 0 Å². The lowest BCUT2D eigenvalue weighted by molar-refractivity contribution is -0.239. The summed E-state index contributed by atoms with van der Waals surface area (Å²) in [6.07, 6.45) is -12.1. The number of carbonyl (C=O) groups excluding carboxylic acids is 1. The second-order valence-electron chi connectivity index (χ2n) is 7.41. The number of aliphatic hydroxyl groups is 1. The number of pyridine rings is 1. The molecule has 5 nitrogen and oxygen atoms in total. The molecule has 0 spiro atoms. The molecule has 1 unspecified atom stereocenters. The van der Waals surface area contributed by atoms with Crippen LogP contribution in [-0.2, 0) is 23.9 Å². The van der Waals surface area contributed by atoms with Gasteiger partial charge in [0.15, 0.2) is 6.10 Å². The highest BCUT2D eigenvalue weighted by molar-refractivity contribution is 5.84. The van der Waals surface area contributed by atoms with Crippen LogP contribution in [0.1, 0.15) is 36.1 Å². The van der Waals surface area contributed by atoms with E-state index in [9.17, 15) is 36.2 Å². The maximum absolute atomic E-state index is 13.2. The molecular weight excluding hydrogens is 392 g/mol. The summed E-state index contributed by atoms with van der Waals surface area (Å²) >= 11 is 0. The minimum absolute atomic E-state index is 0.00572. The van der Waals surface area contributed by atoms with Crippen LogP contribution in [0.25, 0.3) is 0 Å². The topological polar surface area (TPSA) is 79.5 Å². The summed E-state index contributed by atoms with van der Waals surface area (Å²) < 4.78 is 78.4. The van der Waals surface area contributed by atoms with Gasteiger partial charge in [-0.3, -0.25) is 9.78 Å². The van der Waals surface area contributed by atoms with Crippen LogP contribution >= 0.6 is 0 Å². The zero-order valence-corrected chi connectivity index (χ0v) is 14.6. The van der Waals surface area contributed by atoms with Crippen LogP contribution < -0.4 is 5.73 Å². The van der Waals surface area contributed by atoms with Crippen molar-refractivity contribution in [1.29, 1.82) is 0 Å². The summed E-state index contributed by atoms with van der Waals surface area (Å²) in [6, 6.07) is 0.186. The summed E-state index contributed by atoms with van der Waals surface area (Å²) in [7, 11) is 0. The van der Waals surface area contributed by atoms with Gasteiger partial charge in [0.2, 0.25) is 5.91 Å². The minimum atomic E-state index is -5.02. The molecular formula is C17H19F6N3O2. The molecule has 1 aromatic heterocycles. The average Bonchev–Trinajstić information content (AvgIpc) is 3.00. The number of carbonyl (C=O) groups is 1. The Bertz CT molecular complexity index is 766. The van der Waals surface area contributed by atoms with Crippen molar-refractivity contribution in [2.45, 2.75) is 56.7 Å². The molecule has 0 bridgehead atoms. The molecule has 0 radical (unpaired) electrons. The normalized spacial score (nSPS) is 26.9. The van der Waals surface area contributed by atoms with Crippen LogP contribution in [0.5, 0.6) is 0 Å². The van der Waals surface area contributed by atoms with Gasteiger partial charge in [-0.2, -0.15) is 26.3 Å². The maximum Gasteiger partial charge on any atom is 0.417 e. The van der Waals surface area contributed by atoms with Gasteiger partial charge in [-0.25, -0.2) is 0 Å². The summed E-state index contributed by atoms with van der Waals surface area (Å²) in [6.45, 7) is -0.293. The maximum atomic E-state index is 13.2. The quantitative estimate of drug-likeness (QED) is 0.733. The van der Waals surface area contributed by atoms with E-state index in [1.54, 1.807) is 0 Å². The van der Waals surface area contributed by atoms with Gasteiger partial charge in [-0.05, 0) is 30.9 Å². The van der Waals surface area contributed by atoms with Crippen LogP contribution in [-0.4, -0.2) is 45.8 Å². The number of nitrogens with zero attached hydrogens (tertiary/aromatic N) is 2. The number of aliphatic hydroxyl groups excluding tert-OH is 1. The molecule has 0 saturated heterocycles. The predicted molar refractivity (Wildman–Crippen MR) is 84.7 cm³/mol. The number of hydrogen-bond donors (Lipinski definition) is 2. The van der Waals surface area contributed by atoms with E-state index in [0.29, 0.717) is 11.9 Å². The van der Waals surface area contributed by atoms with Gasteiger partial charge in [0.25, 0.3) is 0 Å². The van der Waals surface area contributed by atoms with Crippen molar-refractivity contribution in [2.75, 3.05) is 6.54 Å². The number of amides is 1. The molecule has 2 aliphatic rings. The van der Waals surface area contributed by atoms with Crippen molar-refractivity contribution >= 4 is 5.91 Å². The summed E-state index contributed by atoms with van der Waals surface area (Å²) in [4.78, 5) is 17.9. The van der Waals surface area contributed by atoms with Crippen LogP contribution in [0.3, 0.4) is 0 Å². The van der Waals surface area contributed by atoms with Crippen molar-refractivity contribution in [1.82, 2.24) is 9.88 Å². The van der Waals surface area contributed by atoms with Crippen molar-refractivity contribution in [3.8, 4) is 0 Å². The second kappa shape index (κ2) is 6.87. The zero-order chi connectivity index (χ0) is 20.9. The van der Waals surface area contributed by atoms with E-state index in [-0.39, 0.29) is 44.3 Å². The van der Waals surface area contributed by atoms with Crippen molar-refractivity contribution in [3.05, 3.63) is 29.1 Å². The lowest BCUT2D eigenvalue weighted by Gasteiger charge is -2.40. The molecule has 1 fully saturated rings. The Kier molecular flexibility index (Phi) is 5.11. The fraction of sp³-hybridized carbons (Fsp3) is 0.647. The lowest BCUT2D eigenvalue weighted by Crippen LogP contribution is -2.55. The smallest absolute Gasteiger partial charge is 0.383 e. The van der Waals surface area contributed by atoms with Gasteiger partial charge in [0.05, 0.1) is 11.0 Å². The first kappa shape index (κ1) is 20.8. The molecule has 1 aromatic rings. The van der Waals surface area contributed by atoms with E-state index in [2.05, 4.69) is 4.98 Å². The summed E-state index contributed by atoms with van der Waals surface area (Å²) in [5, 5.41) is 9.91. The standard InChI is InChI=1S/C17H19F6N3O2/c18-16(19,20)10-5-9-8-26(4-2-12(9)25-7-10)14(28)15(3-1-11(24)6-15)13(27)17(21,22)23/h5,7,11,13,27H,1-4,6,8,24H2/t11-,13?,15+/m1/s1. The van der Waals surface area contributed by atoms with Gasteiger partial charge >= 0.3 is 12.4 Å². The number of rotatable bonds is 2. The van der Waals surface area contributed by atoms with E-state index in [1.807, 2.05) is 0 Å². The monoisotopic (exact) mass is 411 g/mol. The first-order chi connectivity index (χ1) is 12.8. The highest BCUT2D eigenvalue weighted by atomic mass is 19.4. The summed E-state index contributed by atoms with van der Waals surface area (Å²) in [5.74, 6) is -0.937. The number of alkyl halides is 6. The van der Waals surface area contributed by atoms with E-state index in [1.165, 1.54) is 0 Å². The SMILES string of the molecule is N[C@@H]1CC[C@@](C(=O)N2CCc3ncc(C(F)(F)F)cc3C2)(C(O)C(F)(F)F)C1. The minimum Gasteiger partial charge on any atom is -0.383 e. The van der Waals surface area contributed by atoms with E-state index in [0.717, 1.165) is 11.0 Å². The van der Waals surface area contributed by atoms with Crippen molar-refractivity contribution in [2.24, 2.45) is 11.1 Å². The molecule has 156 valence electrons. The molecule has 3 rings (SSSR count). The summed E-state index contributed by atoms with van der Waals surface area (Å²) in [5.41, 5.74) is 3.10. The molecule has 11 heteroatoms. The molecule has 1 aliphatic carbocycles. The van der Waals surface area contributed by atoms with Gasteiger partial charge in [0, 0.05) is 37.4 Å². The zero-order valence-electron chi connectivity index (χ0n) is 14.6. The molecule has 0 aromatic carbocycles. The van der Waals surface area contributed by atoms with Crippen LogP contribution in [0, 0.1) is 5.41 Å². The Morgan fingerprint density at radius 2 is 2.00 bits per heavy atom.